The maximum atomic E-state index is 5.77. The third kappa shape index (κ3) is 3.20. The lowest BCUT2D eigenvalue weighted by molar-refractivity contribution is 0.241. The number of hydrogen-bond acceptors (Lipinski definition) is 4. The largest absolute Gasteiger partial charge is 0.483 e. The summed E-state index contributed by atoms with van der Waals surface area (Å²) in [7, 11) is 0. The summed E-state index contributed by atoms with van der Waals surface area (Å²) in [4.78, 5) is 4.36. The second-order valence-electron chi connectivity index (χ2n) is 5.01. The number of hydrogen-bond donors (Lipinski definition) is 0. The van der Waals surface area contributed by atoms with Crippen molar-refractivity contribution in [1.29, 1.82) is 0 Å². The van der Waals surface area contributed by atoms with Crippen LogP contribution in [0.2, 0.25) is 0 Å². The molecule has 0 bridgehead atoms. The average Bonchev–Trinajstić information content (AvgIpc) is 2.98. The van der Waals surface area contributed by atoms with E-state index in [-0.39, 0.29) is 6.61 Å². The van der Waals surface area contributed by atoms with Crippen molar-refractivity contribution >= 4 is 15.9 Å². The van der Waals surface area contributed by atoms with Crippen LogP contribution in [0, 0.1) is 13.8 Å². The summed E-state index contributed by atoms with van der Waals surface area (Å²) < 4.78 is 12.0. The molecule has 0 aliphatic heterocycles. The second kappa shape index (κ2) is 6.32. The third-order valence-electron chi connectivity index (χ3n) is 3.48. The van der Waals surface area contributed by atoms with Crippen LogP contribution >= 0.6 is 15.9 Å². The topological polar surface area (TPSA) is 48.2 Å². The van der Waals surface area contributed by atoms with Crippen molar-refractivity contribution in [2.45, 2.75) is 20.5 Å². The van der Waals surface area contributed by atoms with Crippen LogP contribution < -0.4 is 4.74 Å². The Balaban J connectivity index is 1.72. The Labute approximate surface area is 137 Å². The van der Waals surface area contributed by atoms with Gasteiger partial charge in [0, 0.05) is 10.0 Å². The number of halogens is 1. The molecular formula is C17H15BrN2O2. The Kier molecular flexibility index (Phi) is 4.24. The number of aryl methyl sites for hydroxylation is 1. The SMILES string of the molecule is Cc1cccc(OCc2nc(-c3ccc(Br)cc3)no2)c1C. The minimum absolute atomic E-state index is 0.258. The molecule has 0 aliphatic carbocycles. The average molecular weight is 359 g/mol. The minimum Gasteiger partial charge on any atom is -0.483 e. The molecule has 5 heteroatoms. The summed E-state index contributed by atoms with van der Waals surface area (Å²) in [6.45, 7) is 4.35. The third-order valence-corrected chi connectivity index (χ3v) is 4.01. The second-order valence-corrected chi connectivity index (χ2v) is 5.92. The van der Waals surface area contributed by atoms with Gasteiger partial charge in [-0.1, -0.05) is 33.2 Å². The van der Waals surface area contributed by atoms with Crippen molar-refractivity contribution in [1.82, 2.24) is 10.1 Å². The summed E-state index contributed by atoms with van der Waals surface area (Å²) in [5, 5.41) is 3.99. The smallest absolute Gasteiger partial charge is 0.264 e. The lowest BCUT2D eigenvalue weighted by atomic mass is 10.1. The lowest BCUT2D eigenvalue weighted by Gasteiger charge is -2.08. The van der Waals surface area contributed by atoms with Crippen molar-refractivity contribution in [2.24, 2.45) is 0 Å². The number of aromatic nitrogens is 2. The first-order valence-corrected chi connectivity index (χ1v) is 7.70. The van der Waals surface area contributed by atoms with Gasteiger partial charge in [0.2, 0.25) is 5.82 Å². The molecule has 4 nitrogen and oxygen atoms in total. The van der Waals surface area contributed by atoms with Crippen molar-refractivity contribution in [3.63, 3.8) is 0 Å². The maximum absolute atomic E-state index is 5.77. The van der Waals surface area contributed by atoms with Gasteiger partial charge in [0.05, 0.1) is 0 Å². The van der Waals surface area contributed by atoms with Crippen LogP contribution in [0.15, 0.2) is 51.5 Å². The fourth-order valence-corrected chi connectivity index (χ4v) is 2.31. The van der Waals surface area contributed by atoms with Gasteiger partial charge in [-0.25, -0.2) is 0 Å². The first-order chi connectivity index (χ1) is 10.6. The van der Waals surface area contributed by atoms with E-state index in [0.29, 0.717) is 11.7 Å². The summed E-state index contributed by atoms with van der Waals surface area (Å²) in [5.74, 6) is 1.86. The van der Waals surface area contributed by atoms with Gasteiger partial charge in [-0.15, -0.1) is 0 Å². The van der Waals surface area contributed by atoms with Gasteiger partial charge in [0.1, 0.15) is 5.75 Å². The Hall–Kier alpha value is -2.14. The maximum Gasteiger partial charge on any atom is 0.264 e. The van der Waals surface area contributed by atoms with E-state index < -0.39 is 0 Å². The van der Waals surface area contributed by atoms with E-state index in [9.17, 15) is 0 Å². The van der Waals surface area contributed by atoms with Crippen molar-refractivity contribution in [3.8, 4) is 17.1 Å². The molecule has 1 heterocycles. The van der Waals surface area contributed by atoms with E-state index >= 15 is 0 Å². The van der Waals surface area contributed by atoms with Gasteiger partial charge in [0.25, 0.3) is 5.89 Å². The molecule has 3 rings (SSSR count). The standard InChI is InChI=1S/C17H15BrN2O2/c1-11-4-3-5-15(12(11)2)21-10-16-19-17(20-22-16)13-6-8-14(18)9-7-13/h3-9H,10H2,1-2H3. The van der Waals surface area contributed by atoms with E-state index in [0.717, 1.165) is 21.3 Å². The molecular weight excluding hydrogens is 344 g/mol. The Morgan fingerprint density at radius 3 is 2.64 bits per heavy atom. The van der Waals surface area contributed by atoms with Crippen molar-refractivity contribution < 1.29 is 9.26 Å². The van der Waals surface area contributed by atoms with Gasteiger partial charge < -0.3 is 9.26 Å². The summed E-state index contributed by atoms with van der Waals surface area (Å²) in [6.07, 6.45) is 0. The molecule has 2 aromatic carbocycles. The molecule has 0 atom stereocenters. The predicted octanol–water partition coefficient (Wildman–Crippen LogP) is 4.69. The first-order valence-electron chi connectivity index (χ1n) is 6.91. The Bertz CT molecular complexity index is 782. The summed E-state index contributed by atoms with van der Waals surface area (Å²) in [6, 6.07) is 13.7. The van der Waals surface area contributed by atoms with E-state index in [1.54, 1.807) is 0 Å². The van der Waals surface area contributed by atoms with Crippen LogP contribution in [0.3, 0.4) is 0 Å². The lowest BCUT2D eigenvalue weighted by Crippen LogP contribution is -1.98. The van der Waals surface area contributed by atoms with Gasteiger partial charge in [0.15, 0.2) is 6.61 Å². The Morgan fingerprint density at radius 1 is 1.09 bits per heavy atom. The number of nitrogens with zero attached hydrogens (tertiary/aromatic N) is 2. The zero-order valence-electron chi connectivity index (χ0n) is 12.3. The summed E-state index contributed by atoms with van der Waals surface area (Å²) in [5.41, 5.74) is 3.22. The van der Waals surface area contributed by atoms with Crippen LogP contribution in [0.1, 0.15) is 17.0 Å². The molecule has 0 N–H and O–H groups in total. The highest BCUT2D eigenvalue weighted by Gasteiger charge is 2.10. The van der Waals surface area contributed by atoms with Crippen LogP contribution in [-0.4, -0.2) is 10.1 Å². The number of rotatable bonds is 4. The molecule has 22 heavy (non-hydrogen) atoms. The van der Waals surface area contributed by atoms with Crippen LogP contribution in [-0.2, 0) is 6.61 Å². The highest BCUT2D eigenvalue weighted by Crippen LogP contribution is 2.22. The highest BCUT2D eigenvalue weighted by atomic mass is 79.9. The molecule has 0 fully saturated rings. The van der Waals surface area contributed by atoms with Crippen LogP contribution in [0.4, 0.5) is 0 Å². The summed E-state index contributed by atoms with van der Waals surface area (Å²) >= 11 is 3.40. The highest BCUT2D eigenvalue weighted by molar-refractivity contribution is 9.10. The van der Waals surface area contributed by atoms with Gasteiger partial charge in [-0.2, -0.15) is 4.98 Å². The fourth-order valence-electron chi connectivity index (χ4n) is 2.05. The van der Waals surface area contributed by atoms with E-state index in [1.807, 2.05) is 43.3 Å². The molecule has 3 aromatic rings. The minimum atomic E-state index is 0.258. The fraction of sp³-hybridized carbons (Fsp3) is 0.176. The zero-order chi connectivity index (χ0) is 15.5. The molecule has 0 amide bonds. The van der Waals surface area contributed by atoms with E-state index in [2.05, 4.69) is 39.1 Å². The molecule has 0 unspecified atom stereocenters. The van der Waals surface area contributed by atoms with Crippen molar-refractivity contribution in [3.05, 3.63) is 64.0 Å². The molecule has 1 aromatic heterocycles. The monoisotopic (exact) mass is 358 g/mol. The quantitative estimate of drug-likeness (QED) is 0.678. The van der Waals surface area contributed by atoms with E-state index in [4.69, 9.17) is 9.26 Å². The molecule has 0 radical (unpaired) electrons. The zero-order valence-corrected chi connectivity index (χ0v) is 13.9. The first kappa shape index (κ1) is 14.8. The molecule has 0 aliphatic rings. The molecule has 0 spiro atoms. The van der Waals surface area contributed by atoms with Crippen LogP contribution in [0.25, 0.3) is 11.4 Å². The number of benzene rings is 2. The predicted molar refractivity (Wildman–Crippen MR) is 87.7 cm³/mol. The van der Waals surface area contributed by atoms with E-state index in [1.165, 1.54) is 5.56 Å². The van der Waals surface area contributed by atoms with Gasteiger partial charge >= 0.3 is 0 Å². The Morgan fingerprint density at radius 2 is 1.86 bits per heavy atom. The molecule has 0 saturated carbocycles. The van der Waals surface area contributed by atoms with Crippen LogP contribution in [0.5, 0.6) is 5.75 Å². The van der Waals surface area contributed by atoms with Gasteiger partial charge in [-0.05, 0) is 55.3 Å². The van der Waals surface area contributed by atoms with Crippen molar-refractivity contribution in [2.75, 3.05) is 0 Å². The normalized spacial score (nSPS) is 10.7. The molecule has 112 valence electrons. The van der Waals surface area contributed by atoms with Gasteiger partial charge in [-0.3, -0.25) is 0 Å². The molecule has 0 saturated heterocycles. The number of ether oxygens (including phenoxy) is 1.